The zero-order valence-corrected chi connectivity index (χ0v) is 13.1. The summed E-state index contributed by atoms with van der Waals surface area (Å²) in [6, 6.07) is 3.77. The van der Waals surface area contributed by atoms with Gasteiger partial charge in [-0.2, -0.15) is 0 Å². The van der Waals surface area contributed by atoms with E-state index in [0.29, 0.717) is 12.3 Å². The molecule has 0 saturated heterocycles. The van der Waals surface area contributed by atoms with Crippen LogP contribution in [0.15, 0.2) is 18.2 Å². The van der Waals surface area contributed by atoms with E-state index in [9.17, 15) is 19.7 Å². The zero-order valence-electron chi connectivity index (χ0n) is 13.1. The number of nitrogens with zero attached hydrogens (tertiary/aromatic N) is 1. The third-order valence-electron chi connectivity index (χ3n) is 2.96. The smallest absolute Gasteiger partial charge is 0.341 e. The van der Waals surface area contributed by atoms with Crippen LogP contribution in [0.25, 0.3) is 0 Å². The van der Waals surface area contributed by atoms with Crippen molar-refractivity contribution in [1.29, 1.82) is 0 Å². The van der Waals surface area contributed by atoms with Gasteiger partial charge < -0.3 is 20.1 Å². The monoisotopic (exact) mass is 325 g/mol. The van der Waals surface area contributed by atoms with Crippen LogP contribution in [0, 0.1) is 10.1 Å². The summed E-state index contributed by atoms with van der Waals surface area (Å²) in [5.74, 6) is -1.31. The average Bonchev–Trinajstić information content (AvgIpc) is 2.53. The van der Waals surface area contributed by atoms with E-state index in [1.165, 1.54) is 26.2 Å². The summed E-state index contributed by atoms with van der Waals surface area (Å²) in [5.41, 5.74) is 0.110. The Hall–Kier alpha value is -2.68. The van der Waals surface area contributed by atoms with Crippen LogP contribution in [0.4, 0.5) is 11.4 Å². The van der Waals surface area contributed by atoms with Gasteiger partial charge in [0.1, 0.15) is 0 Å². The first-order valence-electron chi connectivity index (χ1n) is 6.84. The second kappa shape index (κ2) is 8.69. The first-order chi connectivity index (χ1) is 10.9. The van der Waals surface area contributed by atoms with Crippen molar-refractivity contribution in [3.63, 3.8) is 0 Å². The summed E-state index contributed by atoms with van der Waals surface area (Å²) in [7, 11) is 3.07. The van der Waals surface area contributed by atoms with E-state index < -0.39 is 22.9 Å². The maximum absolute atomic E-state index is 12.2. The second-order valence-electron chi connectivity index (χ2n) is 4.57. The van der Waals surface area contributed by atoms with Gasteiger partial charge in [-0.1, -0.05) is 0 Å². The molecule has 1 amide bonds. The fourth-order valence-electron chi connectivity index (χ4n) is 1.73. The molecule has 0 radical (unpaired) electrons. The number of nitro groups is 1. The predicted octanol–water partition coefficient (Wildman–Crippen LogP) is 0.944. The summed E-state index contributed by atoms with van der Waals surface area (Å²) < 4.78 is 9.85. The number of esters is 1. The molecule has 0 spiro atoms. The summed E-state index contributed by atoms with van der Waals surface area (Å²) in [6.45, 7) is 2.04. The fourth-order valence-corrected chi connectivity index (χ4v) is 1.73. The van der Waals surface area contributed by atoms with Crippen molar-refractivity contribution in [3.8, 4) is 0 Å². The highest BCUT2D eigenvalue weighted by atomic mass is 16.6. The first kappa shape index (κ1) is 18.4. The average molecular weight is 325 g/mol. The van der Waals surface area contributed by atoms with Crippen molar-refractivity contribution in [2.75, 3.05) is 32.6 Å². The third-order valence-corrected chi connectivity index (χ3v) is 2.96. The molecule has 1 aromatic carbocycles. The summed E-state index contributed by atoms with van der Waals surface area (Å²) in [6.07, 6.45) is -1.04. The number of carbonyl (C=O) groups is 2. The van der Waals surface area contributed by atoms with Crippen LogP contribution in [0.3, 0.4) is 0 Å². The number of nitro benzene ring substituents is 1. The molecular weight excluding hydrogens is 306 g/mol. The lowest BCUT2D eigenvalue weighted by Gasteiger charge is -2.14. The van der Waals surface area contributed by atoms with Crippen molar-refractivity contribution in [2.45, 2.75) is 13.0 Å². The Labute approximate surface area is 133 Å². The molecule has 0 aliphatic carbocycles. The molecule has 23 heavy (non-hydrogen) atoms. The Kier molecular flexibility index (Phi) is 6.94. The third kappa shape index (κ3) is 5.22. The number of methoxy groups -OCH3 is 1. The lowest BCUT2D eigenvalue weighted by atomic mass is 10.1. The number of hydrogen-bond donors (Lipinski definition) is 2. The quantitative estimate of drug-likeness (QED) is 0.316. The van der Waals surface area contributed by atoms with Gasteiger partial charge in [-0.25, -0.2) is 4.79 Å². The number of nitrogens with one attached hydrogen (secondary N) is 2. The lowest BCUT2D eigenvalue weighted by Crippen LogP contribution is -2.37. The van der Waals surface area contributed by atoms with Crippen molar-refractivity contribution < 1.29 is 24.0 Å². The predicted molar refractivity (Wildman–Crippen MR) is 82.4 cm³/mol. The normalized spacial score (nSPS) is 11.4. The molecule has 9 nitrogen and oxygen atoms in total. The van der Waals surface area contributed by atoms with Crippen molar-refractivity contribution in [2.24, 2.45) is 0 Å². The summed E-state index contributed by atoms with van der Waals surface area (Å²) in [5, 5.41) is 16.1. The van der Waals surface area contributed by atoms with Crippen molar-refractivity contribution in [3.05, 3.63) is 33.9 Å². The Balaban J connectivity index is 2.82. The van der Waals surface area contributed by atoms with E-state index >= 15 is 0 Å². The molecule has 0 unspecified atom stereocenters. The van der Waals surface area contributed by atoms with Gasteiger partial charge in [-0.15, -0.1) is 0 Å². The van der Waals surface area contributed by atoms with Crippen LogP contribution >= 0.6 is 0 Å². The lowest BCUT2D eigenvalue weighted by molar-refractivity contribution is -0.384. The molecule has 0 heterocycles. The molecular formula is C14H19N3O6. The number of anilines is 1. The molecule has 0 bridgehead atoms. The number of rotatable bonds is 8. The molecule has 1 aromatic rings. The molecule has 1 atom stereocenters. The molecule has 2 N–H and O–H groups in total. The molecule has 1 rings (SSSR count). The van der Waals surface area contributed by atoms with Crippen LogP contribution in [-0.4, -0.2) is 50.2 Å². The van der Waals surface area contributed by atoms with E-state index in [2.05, 4.69) is 10.6 Å². The summed E-state index contributed by atoms with van der Waals surface area (Å²) >= 11 is 0. The Morgan fingerprint density at radius 1 is 1.39 bits per heavy atom. The minimum atomic E-state index is -1.04. The van der Waals surface area contributed by atoms with Gasteiger partial charge in [0.15, 0.2) is 6.10 Å². The van der Waals surface area contributed by atoms with Crippen LogP contribution in [0.5, 0.6) is 0 Å². The van der Waals surface area contributed by atoms with Gasteiger partial charge in [0.2, 0.25) is 0 Å². The highest BCUT2D eigenvalue weighted by Gasteiger charge is 2.22. The highest BCUT2D eigenvalue weighted by Crippen LogP contribution is 2.23. The van der Waals surface area contributed by atoms with Gasteiger partial charge in [0.05, 0.1) is 17.1 Å². The van der Waals surface area contributed by atoms with E-state index in [-0.39, 0.29) is 17.8 Å². The van der Waals surface area contributed by atoms with Gasteiger partial charge in [-0.3, -0.25) is 14.9 Å². The molecule has 0 aromatic heterocycles. The van der Waals surface area contributed by atoms with Gasteiger partial charge >= 0.3 is 5.97 Å². The summed E-state index contributed by atoms with van der Waals surface area (Å²) in [4.78, 5) is 34.1. The Morgan fingerprint density at radius 2 is 2.09 bits per heavy atom. The topological polar surface area (TPSA) is 120 Å². The maximum Gasteiger partial charge on any atom is 0.341 e. The van der Waals surface area contributed by atoms with Crippen LogP contribution in [-0.2, 0) is 14.3 Å². The largest absolute Gasteiger partial charge is 0.449 e. The number of hydrogen-bond acceptors (Lipinski definition) is 7. The highest BCUT2D eigenvalue weighted by molar-refractivity contribution is 5.98. The maximum atomic E-state index is 12.2. The van der Waals surface area contributed by atoms with Crippen LogP contribution in [0.1, 0.15) is 17.3 Å². The van der Waals surface area contributed by atoms with E-state index in [4.69, 9.17) is 9.47 Å². The number of amides is 1. The van der Waals surface area contributed by atoms with Gasteiger partial charge in [0, 0.05) is 38.5 Å². The van der Waals surface area contributed by atoms with E-state index in [1.54, 1.807) is 7.05 Å². The second-order valence-corrected chi connectivity index (χ2v) is 4.57. The number of benzene rings is 1. The van der Waals surface area contributed by atoms with E-state index in [1.807, 2.05) is 0 Å². The van der Waals surface area contributed by atoms with E-state index in [0.717, 1.165) is 6.07 Å². The first-order valence-corrected chi connectivity index (χ1v) is 6.84. The van der Waals surface area contributed by atoms with Crippen LogP contribution < -0.4 is 10.6 Å². The van der Waals surface area contributed by atoms with Gasteiger partial charge in [-0.05, 0) is 13.0 Å². The molecule has 0 aliphatic rings. The number of ether oxygens (including phenoxy) is 2. The Morgan fingerprint density at radius 3 is 2.65 bits per heavy atom. The Bertz CT molecular complexity index is 590. The minimum Gasteiger partial charge on any atom is -0.449 e. The van der Waals surface area contributed by atoms with Crippen molar-refractivity contribution in [1.82, 2.24) is 5.32 Å². The fraction of sp³-hybridized carbons (Fsp3) is 0.429. The number of non-ortho nitro benzene ring substituents is 1. The van der Waals surface area contributed by atoms with Crippen molar-refractivity contribution >= 4 is 23.3 Å². The molecule has 126 valence electrons. The molecule has 9 heteroatoms. The van der Waals surface area contributed by atoms with Gasteiger partial charge in [0.25, 0.3) is 11.6 Å². The molecule has 0 fully saturated rings. The standard InChI is InChI=1S/C14H19N3O6/c1-9(13(18)16-6-7-22-3)23-14(19)11-8-10(17(20)21)4-5-12(11)15-2/h4-5,8-9,15H,6-7H2,1-3H3,(H,16,18)/t9-/m1/s1. The molecule has 0 saturated carbocycles. The van der Waals surface area contributed by atoms with Crippen LogP contribution in [0.2, 0.25) is 0 Å². The number of carbonyl (C=O) groups excluding carboxylic acids is 2. The zero-order chi connectivity index (χ0) is 17.4. The molecule has 0 aliphatic heterocycles. The minimum absolute atomic E-state index is 0.0155. The SMILES string of the molecule is CNc1ccc([N+](=O)[O-])cc1C(=O)O[C@H](C)C(=O)NCCOC.